The number of carbonyl (C=O) groups excluding carboxylic acids is 1. The molecule has 0 saturated heterocycles. The average molecular weight is 183 g/mol. The van der Waals surface area contributed by atoms with E-state index in [1.165, 1.54) is 19.3 Å². The van der Waals surface area contributed by atoms with Crippen molar-refractivity contribution in [3.63, 3.8) is 0 Å². The summed E-state index contributed by atoms with van der Waals surface area (Å²) in [7, 11) is 0. The van der Waals surface area contributed by atoms with Gasteiger partial charge in [0.1, 0.15) is 5.78 Å². The van der Waals surface area contributed by atoms with Crippen LogP contribution in [0.1, 0.15) is 46.0 Å². The highest BCUT2D eigenvalue weighted by atomic mass is 16.1. The van der Waals surface area contributed by atoms with Gasteiger partial charge in [0.2, 0.25) is 0 Å². The second kappa shape index (κ2) is 4.23. The van der Waals surface area contributed by atoms with E-state index in [0.29, 0.717) is 18.2 Å². The molecule has 0 aromatic heterocycles. The van der Waals surface area contributed by atoms with E-state index in [2.05, 4.69) is 0 Å². The molecule has 1 rings (SSSR count). The molecule has 1 fully saturated rings. The molecule has 1 unspecified atom stereocenters. The molecule has 1 aliphatic carbocycles. The van der Waals surface area contributed by atoms with Crippen molar-refractivity contribution in [1.82, 2.24) is 0 Å². The van der Waals surface area contributed by atoms with Crippen LogP contribution in [0.3, 0.4) is 0 Å². The fraction of sp³-hybridized carbons (Fsp3) is 0.909. The minimum Gasteiger partial charge on any atom is -0.329 e. The van der Waals surface area contributed by atoms with Gasteiger partial charge in [-0.2, -0.15) is 0 Å². The van der Waals surface area contributed by atoms with Crippen molar-refractivity contribution in [3.8, 4) is 0 Å². The van der Waals surface area contributed by atoms with Crippen molar-refractivity contribution in [1.29, 1.82) is 0 Å². The summed E-state index contributed by atoms with van der Waals surface area (Å²) < 4.78 is 0. The Bertz CT molecular complexity index is 181. The Kier molecular flexibility index (Phi) is 3.48. The Morgan fingerprint density at radius 1 is 1.54 bits per heavy atom. The van der Waals surface area contributed by atoms with Crippen LogP contribution in [0.4, 0.5) is 0 Å². The third kappa shape index (κ3) is 2.31. The first-order chi connectivity index (χ1) is 6.12. The minimum absolute atomic E-state index is 0.254. The van der Waals surface area contributed by atoms with Crippen molar-refractivity contribution in [2.24, 2.45) is 17.1 Å². The molecular weight excluding hydrogens is 162 g/mol. The molecule has 0 bridgehead atoms. The van der Waals surface area contributed by atoms with E-state index >= 15 is 0 Å². The lowest BCUT2D eigenvalue weighted by atomic mass is 9.74. The molecule has 0 aromatic carbocycles. The number of hydrogen-bond acceptors (Lipinski definition) is 2. The van der Waals surface area contributed by atoms with Crippen LogP contribution < -0.4 is 5.73 Å². The molecule has 2 N–H and O–H groups in total. The van der Waals surface area contributed by atoms with Crippen LogP contribution in [-0.4, -0.2) is 12.3 Å². The van der Waals surface area contributed by atoms with Gasteiger partial charge in [0.15, 0.2) is 0 Å². The Hall–Kier alpha value is -0.370. The second-order valence-corrected chi connectivity index (χ2v) is 4.54. The fourth-order valence-electron chi connectivity index (χ4n) is 1.66. The van der Waals surface area contributed by atoms with Gasteiger partial charge in [-0.25, -0.2) is 0 Å². The number of nitrogens with two attached hydrogens (primary N) is 1. The molecule has 1 saturated carbocycles. The lowest BCUT2D eigenvalue weighted by Gasteiger charge is -2.30. The number of ketones is 1. The largest absolute Gasteiger partial charge is 0.329 e. The van der Waals surface area contributed by atoms with E-state index in [1.54, 1.807) is 0 Å². The van der Waals surface area contributed by atoms with E-state index in [-0.39, 0.29) is 5.41 Å². The highest BCUT2D eigenvalue weighted by Gasteiger charge is 2.32. The maximum atomic E-state index is 11.9. The van der Waals surface area contributed by atoms with E-state index < -0.39 is 0 Å². The van der Waals surface area contributed by atoms with Gasteiger partial charge in [-0.05, 0) is 12.3 Å². The van der Waals surface area contributed by atoms with Crippen molar-refractivity contribution >= 4 is 5.78 Å². The summed E-state index contributed by atoms with van der Waals surface area (Å²) in [6.45, 7) is 4.54. The van der Waals surface area contributed by atoms with Gasteiger partial charge in [0, 0.05) is 18.4 Å². The van der Waals surface area contributed by atoms with Crippen molar-refractivity contribution < 1.29 is 4.79 Å². The van der Waals surface area contributed by atoms with Crippen LogP contribution in [0.5, 0.6) is 0 Å². The monoisotopic (exact) mass is 183 g/mol. The highest BCUT2D eigenvalue weighted by Crippen LogP contribution is 2.33. The molecule has 2 nitrogen and oxygen atoms in total. The van der Waals surface area contributed by atoms with Crippen molar-refractivity contribution in [2.75, 3.05) is 6.54 Å². The zero-order valence-electron chi connectivity index (χ0n) is 8.81. The van der Waals surface area contributed by atoms with Crippen LogP contribution in [0, 0.1) is 11.3 Å². The molecule has 0 heterocycles. The summed E-state index contributed by atoms with van der Waals surface area (Å²) in [6.07, 6.45) is 5.44. The smallest absolute Gasteiger partial charge is 0.140 e. The first kappa shape index (κ1) is 10.7. The lowest BCUT2D eigenvalue weighted by molar-refractivity contribution is -0.129. The standard InChI is InChI=1S/C11H21NO/c1-3-11(2,8-12)10(13)7-9-5-4-6-9/h9H,3-8,12H2,1-2H3. The molecule has 0 aromatic rings. The van der Waals surface area contributed by atoms with Gasteiger partial charge in [-0.3, -0.25) is 4.79 Å². The maximum Gasteiger partial charge on any atom is 0.140 e. The normalized spacial score (nSPS) is 22.1. The molecule has 2 heteroatoms. The Labute approximate surface area is 80.9 Å². The molecule has 76 valence electrons. The summed E-state index contributed by atoms with van der Waals surface area (Å²) in [5.41, 5.74) is 5.38. The zero-order valence-corrected chi connectivity index (χ0v) is 8.81. The van der Waals surface area contributed by atoms with E-state index in [4.69, 9.17) is 5.73 Å². The molecule has 0 radical (unpaired) electrons. The molecule has 0 amide bonds. The number of Topliss-reactive ketones (excluding diaryl/α,β-unsaturated/α-hetero) is 1. The highest BCUT2D eigenvalue weighted by molar-refractivity contribution is 5.84. The Balaban J connectivity index is 2.43. The van der Waals surface area contributed by atoms with Gasteiger partial charge < -0.3 is 5.73 Å². The van der Waals surface area contributed by atoms with Crippen LogP contribution in [0.2, 0.25) is 0 Å². The molecule has 1 atom stereocenters. The van der Waals surface area contributed by atoms with Gasteiger partial charge in [-0.15, -0.1) is 0 Å². The molecule has 13 heavy (non-hydrogen) atoms. The SMILES string of the molecule is CCC(C)(CN)C(=O)CC1CCC1. The third-order valence-electron chi connectivity index (χ3n) is 3.60. The summed E-state index contributed by atoms with van der Waals surface area (Å²) in [5, 5.41) is 0. The predicted octanol–water partition coefficient (Wildman–Crippen LogP) is 2.12. The quantitative estimate of drug-likeness (QED) is 0.709. The van der Waals surface area contributed by atoms with Gasteiger partial charge in [0.25, 0.3) is 0 Å². The van der Waals surface area contributed by atoms with E-state index in [9.17, 15) is 4.79 Å². The van der Waals surface area contributed by atoms with Gasteiger partial charge in [0.05, 0.1) is 0 Å². The fourth-order valence-corrected chi connectivity index (χ4v) is 1.66. The first-order valence-corrected chi connectivity index (χ1v) is 5.35. The Morgan fingerprint density at radius 2 is 2.15 bits per heavy atom. The van der Waals surface area contributed by atoms with Crippen molar-refractivity contribution in [3.05, 3.63) is 0 Å². The number of rotatable bonds is 5. The summed E-state index contributed by atoms with van der Waals surface area (Å²) in [4.78, 5) is 11.9. The second-order valence-electron chi connectivity index (χ2n) is 4.54. The van der Waals surface area contributed by atoms with Gasteiger partial charge >= 0.3 is 0 Å². The van der Waals surface area contributed by atoms with E-state index in [0.717, 1.165) is 12.8 Å². The van der Waals surface area contributed by atoms with Gasteiger partial charge in [-0.1, -0.05) is 33.1 Å². The Morgan fingerprint density at radius 3 is 2.46 bits per heavy atom. The van der Waals surface area contributed by atoms with Crippen LogP contribution in [0.15, 0.2) is 0 Å². The predicted molar refractivity (Wildman–Crippen MR) is 54.4 cm³/mol. The maximum absolute atomic E-state index is 11.9. The number of carbonyl (C=O) groups is 1. The number of hydrogen-bond donors (Lipinski definition) is 1. The topological polar surface area (TPSA) is 43.1 Å². The average Bonchev–Trinajstić information content (AvgIpc) is 2.09. The minimum atomic E-state index is -0.254. The lowest BCUT2D eigenvalue weighted by Crippen LogP contribution is -2.36. The molecule has 1 aliphatic rings. The molecule has 0 spiro atoms. The first-order valence-electron chi connectivity index (χ1n) is 5.35. The van der Waals surface area contributed by atoms with E-state index in [1.807, 2.05) is 13.8 Å². The summed E-state index contributed by atoms with van der Waals surface area (Å²) >= 11 is 0. The van der Waals surface area contributed by atoms with Crippen LogP contribution in [-0.2, 0) is 4.79 Å². The summed E-state index contributed by atoms with van der Waals surface area (Å²) in [6, 6.07) is 0. The zero-order chi connectivity index (χ0) is 9.90. The van der Waals surface area contributed by atoms with Crippen LogP contribution in [0.25, 0.3) is 0 Å². The van der Waals surface area contributed by atoms with Crippen molar-refractivity contribution in [2.45, 2.75) is 46.0 Å². The molecule has 0 aliphatic heterocycles. The summed E-state index contributed by atoms with van der Waals surface area (Å²) in [5.74, 6) is 1.05. The molecular formula is C11H21NO. The third-order valence-corrected chi connectivity index (χ3v) is 3.60. The van der Waals surface area contributed by atoms with Crippen LogP contribution >= 0.6 is 0 Å².